The van der Waals surface area contributed by atoms with Gasteiger partial charge in [-0.05, 0) is 19.3 Å². The van der Waals surface area contributed by atoms with E-state index in [-0.39, 0.29) is 30.4 Å². The predicted octanol–water partition coefficient (Wildman–Crippen LogP) is 0.405. The number of hydrogen-bond acceptors (Lipinski definition) is 3. The molecule has 0 aromatic rings. The van der Waals surface area contributed by atoms with Crippen molar-refractivity contribution in [1.29, 1.82) is 0 Å². The van der Waals surface area contributed by atoms with Crippen molar-refractivity contribution in [3.05, 3.63) is 0 Å². The number of rotatable bonds is 6. The average molecular weight is 255 g/mol. The van der Waals surface area contributed by atoms with E-state index in [1.807, 2.05) is 6.92 Å². The summed E-state index contributed by atoms with van der Waals surface area (Å²) < 4.78 is 0. The molecule has 1 heterocycles. The maximum Gasteiger partial charge on any atom is 0.239 e. The van der Waals surface area contributed by atoms with Crippen LogP contribution < -0.4 is 16.0 Å². The van der Waals surface area contributed by atoms with Gasteiger partial charge in [0.15, 0.2) is 0 Å². The molecule has 1 fully saturated rings. The van der Waals surface area contributed by atoms with E-state index in [9.17, 15) is 9.59 Å². The molecule has 5 heteroatoms. The Balaban J connectivity index is 2.20. The third-order valence-corrected chi connectivity index (χ3v) is 3.14. The summed E-state index contributed by atoms with van der Waals surface area (Å²) in [4.78, 5) is 22.8. The summed E-state index contributed by atoms with van der Waals surface area (Å²) in [5.41, 5.74) is 0. The summed E-state index contributed by atoms with van der Waals surface area (Å²) in [5.74, 6) is 0.638. The summed E-state index contributed by atoms with van der Waals surface area (Å²) in [6.07, 6.45) is 3.33. The number of piperazine rings is 1. The van der Waals surface area contributed by atoms with Crippen LogP contribution in [0.25, 0.3) is 0 Å². The Morgan fingerprint density at radius 3 is 2.67 bits per heavy atom. The SMILES string of the molecule is CC(C)CCCC(C)NC(=O)C1CNC(=O)CN1. The minimum absolute atomic E-state index is 0.0213. The van der Waals surface area contributed by atoms with Crippen LogP contribution in [0, 0.1) is 5.92 Å². The lowest BCUT2D eigenvalue weighted by Gasteiger charge is -2.25. The quantitative estimate of drug-likeness (QED) is 0.643. The molecule has 1 aliphatic heterocycles. The first-order chi connectivity index (χ1) is 8.49. The fraction of sp³-hybridized carbons (Fsp3) is 0.846. The molecular weight excluding hydrogens is 230 g/mol. The van der Waals surface area contributed by atoms with Crippen LogP contribution in [0.1, 0.15) is 40.0 Å². The standard InChI is InChI=1S/C13H25N3O2/c1-9(2)5-4-6-10(3)16-13(18)11-7-15-12(17)8-14-11/h9-11,14H,4-8H2,1-3H3,(H,15,17)(H,16,18). The fourth-order valence-corrected chi connectivity index (χ4v) is 2.00. The van der Waals surface area contributed by atoms with Crippen molar-refractivity contribution in [2.45, 2.75) is 52.1 Å². The highest BCUT2D eigenvalue weighted by Crippen LogP contribution is 2.08. The molecule has 2 atom stereocenters. The topological polar surface area (TPSA) is 70.2 Å². The van der Waals surface area contributed by atoms with E-state index >= 15 is 0 Å². The van der Waals surface area contributed by atoms with Gasteiger partial charge in [-0.1, -0.05) is 26.7 Å². The van der Waals surface area contributed by atoms with Gasteiger partial charge in [-0.3, -0.25) is 14.9 Å². The van der Waals surface area contributed by atoms with Crippen molar-refractivity contribution in [2.75, 3.05) is 13.1 Å². The molecule has 0 aromatic carbocycles. The van der Waals surface area contributed by atoms with Crippen molar-refractivity contribution in [2.24, 2.45) is 5.92 Å². The van der Waals surface area contributed by atoms with E-state index in [2.05, 4.69) is 29.8 Å². The minimum Gasteiger partial charge on any atom is -0.353 e. The molecule has 0 aliphatic carbocycles. The molecule has 1 rings (SSSR count). The molecule has 1 aliphatic rings. The zero-order valence-corrected chi connectivity index (χ0v) is 11.6. The lowest BCUT2D eigenvalue weighted by atomic mass is 10.0. The zero-order valence-electron chi connectivity index (χ0n) is 11.6. The molecule has 2 unspecified atom stereocenters. The van der Waals surface area contributed by atoms with Crippen LogP contribution in [0.2, 0.25) is 0 Å². The van der Waals surface area contributed by atoms with Gasteiger partial charge in [0, 0.05) is 12.6 Å². The van der Waals surface area contributed by atoms with Gasteiger partial charge >= 0.3 is 0 Å². The molecule has 1 saturated heterocycles. The maximum atomic E-state index is 11.9. The van der Waals surface area contributed by atoms with E-state index < -0.39 is 0 Å². The van der Waals surface area contributed by atoms with E-state index in [1.165, 1.54) is 6.42 Å². The zero-order chi connectivity index (χ0) is 13.5. The Morgan fingerprint density at radius 2 is 2.11 bits per heavy atom. The lowest BCUT2D eigenvalue weighted by Crippen LogP contribution is -2.58. The van der Waals surface area contributed by atoms with Crippen molar-refractivity contribution < 1.29 is 9.59 Å². The number of amides is 2. The van der Waals surface area contributed by atoms with Gasteiger partial charge in [0.2, 0.25) is 11.8 Å². The molecule has 0 bridgehead atoms. The molecule has 0 radical (unpaired) electrons. The molecule has 0 aromatic heterocycles. The molecule has 104 valence electrons. The molecule has 0 saturated carbocycles. The van der Waals surface area contributed by atoms with Crippen molar-refractivity contribution in [1.82, 2.24) is 16.0 Å². The predicted molar refractivity (Wildman–Crippen MR) is 71.1 cm³/mol. The molecule has 18 heavy (non-hydrogen) atoms. The van der Waals surface area contributed by atoms with Crippen molar-refractivity contribution >= 4 is 11.8 Å². The average Bonchev–Trinajstić information content (AvgIpc) is 2.29. The van der Waals surface area contributed by atoms with Gasteiger partial charge < -0.3 is 10.6 Å². The second-order valence-electron chi connectivity index (χ2n) is 5.47. The second-order valence-corrected chi connectivity index (χ2v) is 5.47. The molecule has 3 N–H and O–H groups in total. The highest BCUT2D eigenvalue weighted by atomic mass is 16.2. The van der Waals surface area contributed by atoms with Crippen LogP contribution in [0.3, 0.4) is 0 Å². The monoisotopic (exact) mass is 255 g/mol. The first-order valence-electron chi connectivity index (χ1n) is 6.79. The van der Waals surface area contributed by atoms with Crippen LogP contribution in [0.5, 0.6) is 0 Å². The number of carbonyl (C=O) groups excluding carboxylic acids is 2. The Bertz CT molecular complexity index is 282. The van der Waals surface area contributed by atoms with Gasteiger partial charge in [0.1, 0.15) is 6.04 Å². The summed E-state index contributed by atoms with van der Waals surface area (Å²) in [5, 5.41) is 8.59. The van der Waals surface area contributed by atoms with Gasteiger partial charge in [-0.2, -0.15) is 0 Å². The summed E-state index contributed by atoms with van der Waals surface area (Å²) in [7, 11) is 0. The number of hydrogen-bond donors (Lipinski definition) is 3. The molecule has 5 nitrogen and oxygen atoms in total. The van der Waals surface area contributed by atoms with Crippen LogP contribution in [-0.2, 0) is 9.59 Å². The number of carbonyl (C=O) groups is 2. The first kappa shape index (κ1) is 15.0. The molecule has 2 amide bonds. The fourth-order valence-electron chi connectivity index (χ4n) is 2.00. The maximum absolute atomic E-state index is 11.9. The van der Waals surface area contributed by atoms with Crippen LogP contribution in [0.4, 0.5) is 0 Å². The summed E-state index contributed by atoms with van der Waals surface area (Å²) in [6.45, 7) is 7.04. The van der Waals surface area contributed by atoms with Crippen molar-refractivity contribution in [3.8, 4) is 0 Å². The van der Waals surface area contributed by atoms with Gasteiger partial charge in [-0.15, -0.1) is 0 Å². The van der Waals surface area contributed by atoms with Gasteiger partial charge in [-0.25, -0.2) is 0 Å². The molecule has 0 spiro atoms. The van der Waals surface area contributed by atoms with Crippen molar-refractivity contribution in [3.63, 3.8) is 0 Å². The summed E-state index contributed by atoms with van der Waals surface area (Å²) in [6, 6.07) is -0.106. The highest BCUT2D eigenvalue weighted by molar-refractivity contribution is 5.86. The largest absolute Gasteiger partial charge is 0.353 e. The summed E-state index contributed by atoms with van der Waals surface area (Å²) >= 11 is 0. The Morgan fingerprint density at radius 1 is 1.39 bits per heavy atom. The van der Waals surface area contributed by atoms with Crippen LogP contribution in [-0.4, -0.2) is 37.0 Å². The molecular formula is C13H25N3O2. The van der Waals surface area contributed by atoms with Crippen LogP contribution in [0.15, 0.2) is 0 Å². The normalized spacial score (nSPS) is 21.6. The number of nitrogens with one attached hydrogen (secondary N) is 3. The van der Waals surface area contributed by atoms with E-state index in [0.29, 0.717) is 12.5 Å². The third kappa shape index (κ3) is 5.49. The van der Waals surface area contributed by atoms with E-state index in [0.717, 1.165) is 12.8 Å². The Labute approximate surface area is 109 Å². The van der Waals surface area contributed by atoms with Gasteiger partial charge in [0.05, 0.1) is 6.54 Å². The lowest BCUT2D eigenvalue weighted by molar-refractivity contribution is -0.127. The smallest absolute Gasteiger partial charge is 0.239 e. The Kier molecular flexibility index (Phi) is 6.12. The first-order valence-corrected chi connectivity index (χ1v) is 6.79. The third-order valence-electron chi connectivity index (χ3n) is 3.14. The minimum atomic E-state index is -0.296. The highest BCUT2D eigenvalue weighted by Gasteiger charge is 2.24. The second kappa shape index (κ2) is 7.36. The van der Waals surface area contributed by atoms with E-state index in [1.54, 1.807) is 0 Å². The van der Waals surface area contributed by atoms with E-state index in [4.69, 9.17) is 0 Å². The van der Waals surface area contributed by atoms with Crippen LogP contribution >= 0.6 is 0 Å². The Hall–Kier alpha value is -1.10. The van der Waals surface area contributed by atoms with Gasteiger partial charge in [0.25, 0.3) is 0 Å².